The molecule has 1 atom stereocenters. The molecule has 0 aliphatic heterocycles. The molecule has 10 heavy (non-hydrogen) atoms. The third-order valence-corrected chi connectivity index (χ3v) is 1.26. The van der Waals surface area contributed by atoms with Crippen LogP contribution in [0.3, 0.4) is 0 Å². The molecule has 3 nitrogen and oxygen atoms in total. The average Bonchev–Trinajstić information content (AvgIpc) is 1.98. The van der Waals surface area contributed by atoms with Gasteiger partial charge in [0, 0.05) is 13.7 Å². The predicted octanol–water partition coefficient (Wildman–Crippen LogP) is 0.734. The summed E-state index contributed by atoms with van der Waals surface area (Å²) in [7, 11) is 1.65. The van der Waals surface area contributed by atoms with Gasteiger partial charge in [-0.05, 0) is 26.3 Å². The van der Waals surface area contributed by atoms with Crippen LogP contribution in [0.4, 0.5) is 0 Å². The second-order valence-electron chi connectivity index (χ2n) is 2.05. The fourth-order valence-electron chi connectivity index (χ4n) is 0.740. The molecule has 2 N–H and O–H groups in total. The Bertz CT molecular complexity index is 68.6. The minimum atomic E-state index is -0.0615. The topological polar surface area (TPSA) is 44.5 Å². The summed E-state index contributed by atoms with van der Waals surface area (Å²) in [5, 5.41) is 0. The van der Waals surface area contributed by atoms with Gasteiger partial charge in [-0.3, -0.25) is 0 Å². The molecule has 0 bridgehead atoms. The summed E-state index contributed by atoms with van der Waals surface area (Å²) < 4.78 is 10.2. The lowest BCUT2D eigenvalue weighted by atomic mass is 10.3. The lowest BCUT2D eigenvalue weighted by molar-refractivity contribution is -0.123. The van der Waals surface area contributed by atoms with Gasteiger partial charge in [0.2, 0.25) is 0 Å². The molecule has 0 spiro atoms. The summed E-state index contributed by atoms with van der Waals surface area (Å²) in [6, 6.07) is 0. The van der Waals surface area contributed by atoms with Crippen molar-refractivity contribution in [3.63, 3.8) is 0 Å². The first-order valence-corrected chi connectivity index (χ1v) is 3.69. The van der Waals surface area contributed by atoms with E-state index in [0.717, 1.165) is 12.8 Å². The van der Waals surface area contributed by atoms with Crippen LogP contribution in [0.5, 0.6) is 0 Å². The van der Waals surface area contributed by atoms with E-state index < -0.39 is 0 Å². The summed E-state index contributed by atoms with van der Waals surface area (Å²) in [4.78, 5) is 0. The molecule has 0 saturated carbocycles. The lowest BCUT2D eigenvalue weighted by Gasteiger charge is -2.13. The van der Waals surface area contributed by atoms with Crippen molar-refractivity contribution in [2.75, 3.05) is 20.3 Å². The number of hydrogen-bond donors (Lipinski definition) is 1. The SMILES string of the molecule is CCOC(CCCN)OC. The van der Waals surface area contributed by atoms with E-state index in [1.807, 2.05) is 6.92 Å². The van der Waals surface area contributed by atoms with Crippen molar-refractivity contribution in [1.82, 2.24) is 0 Å². The Morgan fingerprint density at radius 1 is 1.50 bits per heavy atom. The Morgan fingerprint density at radius 2 is 2.20 bits per heavy atom. The first kappa shape index (κ1) is 9.88. The second-order valence-corrected chi connectivity index (χ2v) is 2.05. The van der Waals surface area contributed by atoms with Crippen LogP contribution >= 0.6 is 0 Å². The molecule has 3 heteroatoms. The molecule has 0 fully saturated rings. The van der Waals surface area contributed by atoms with E-state index in [4.69, 9.17) is 15.2 Å². The average molecular weight is 147 g/mol. The molecule has 1 unspecified atom stereocenters. The molecular weight excluding hydrogens is 130 g/mol. The van der Waals surface area contributed by atoms with Crippen molar-refractivity contribution < 1.29 is 9.47 Å². The van der Waals surface area contributed by atoms with Gasteiger partial charge in [0.15, 0.2) is 6.29 Å². The van der Waals surface area contributed by atoms with Crippen LogP contribution in [0.25, 0.3) is 0 Å². The number of rotatable bonds is 6. The van der Waals surface area contributed by atoms with Crippen molar-refractivity contribution >= 4 is 0 Å². The third-order valence-electron chi connectivity index (χ3n) is 1.26. The minimum Gasteiger partial charge on any atom is -0.356 e. The molecule has 0 heterocycles. The van der Waals surface area contributed by atoms with Crippen molar-refractivity contribution in [3.8, 4) is 0 Å². The maximum absolute atomic E-state index is 5.32. The number of methoxy groups -OCH3 is 1. The Kier molecular flexibility index (Phi) is 6.91. The van der Waals surface area contributed by atoms with Crippen LogP contribution in [0.15, 0.2) is 0 Å². The highest BCUT2D eigenvalue weighted by atomic mass is 16.7. The van der Waals surface area contributed by atoms with Crippen LogP contribution < -0.4 is 5.73 Å². The highest BCUT2D eigenvalue weighted by Crippen LogP contribution is 2.01. The van der Waals surface area contributed by atoms with Crippen molar-refractivity contribution in [3.05, 3.63) is 0 Å². The van der Waals surface area contributed by atoms with E-state index in [-0.39, 0.29) is 6.29 Å². The largest absolute Gasteiger partial charge is 0.356 e. The summed E-state index contributed by atoms with van der Waals surface area (Å²) in [6.45, 7) is 3.35. The molecule has 0 aliphatic carbocycles. The van der Waals surface area contributed by atoms with Crippen LogP contribution in [0, 0.1) is 0 Å². The van der Waals surface area contributed by atoms with Gasteiger partial charge < -0.3 is 15.2 Å². The molecule has 0 aromatic rings. The molecule has 0 rings (SSSR count). The van der Waals surface area contributed by atoms with Crippen molar-refractivity contribution in [2.45, 2.75) is 26.1 Å². The zero-order valence-corrected chi connectivity index (χ0v) is 6.80. The number of nitrogens with two attached hydrogens (primary N) is 1. The Balaban J connectivity index is 3.21. The summed E-state index contributed by atoms with van der Waals surface area (Å²) >= 11 is 0. The second kappa shape index (κ2) is 6.99. The third kappa shape index (κ3) is 4.73. The molecule has 62 valence electrons. The van der Waals surface area contributed by atoms with E-state index in [0.29, 0.717) is 13.2 Å². The number of ether oxygens (including phenoxy) is 2. The fraction of sp³-hybridized carbons (Fsp3) is 1.00. The van der Waals surface area contributed by atoms with Gasteiger partial charge in [0.05, 0.1) is 0 Å². The quantitative estimate of drug-likeness (QED) is 0.563. The smallest absolute Gasteiger partial charge is 0.157 e. The van der Waals surface area contributed by atoms with Gasteiger partial charge in [-0.2, -0.15) is 0 Å². The Hall–Kier alpha value is -0.120. The van der Waals surface area contributed by atoms with Crippen LogP contribution in [0.1, 0.15) is 19.8 Å². The van der Waals surface area contributed by atoms with E-state index in [1.165, 1.54) is 0 Å². The zero-order chi connectivity index (χ0) is 7.82. The normalized spacial score (nSPS) is 13.5. The highest BCUT2D eigenvalue weighted by molar-refractivity contribution is 4.45. The van der Waals surface area contributed by atoms with Crippen LogP contribution in [-0.4, -0.2) is 26.6 Å². The van der Waals surface area contributed by atoms with Crippen LogP contribution in [-0.2, 0) is 9.47 Å². The fourth-order valence-corrected chi connectivity index (χ4v) is 0.740. The summed E-state index contributed by atoms with van der Waals surface area (Å²) in [5.74, 6) is 0. The standard InChI is InChI=1S/C7H17NO2/c1-3-10-7(9-2)5-4-6-8/h7H,3-6,8H2,1-2H3. The van der Waals surface area contributed by atoms with Gasteiger partial charge in [-0.15, -0.1) is 0 Å². The number of hydrogen-bond acceptors (Lipinski definition) is 3. The zero-order valence-electron chi connectivity index (χ0n) is 6.80. The van der Waals surface area contributed by atoms with Crippen molar-refractivity contribution in [2.24, 2.45) is 5.73 Å². The lowest BCUT2D eigenvalue weighted by Crippen LogP contribution is -2.16. The van der Waals surface area contributed by atoms with Gasteiger partial charge in [-0.1, -0.05) is 0 Å². The maximum atomic E-state index is 5.32. The predicted molar refractivity (Wildman–Crippen MR) is 40.7 cm³/mol. The van der Waals surface area contributed by atoms with Crippen LogP contribution in [0.2, 0.25) is 0 Å². The first-order valence-electron chi connectivity index (χ1n) is 3.69. The molecule has 0 aliphatic rings. The molecule has 0 radical (unpaired) electrons. The van der Waals surface area contributed by atoms with E-state index in [9.17, 15) is 0 Å². The molecule has 0 aromatic heterocycles. The van der Waals surface area contributed by atoms with E-state index in [1.54, 1.807) is 7.11 Å². The minimum absolute atomic E-state index is 0.0615. The van der Waals surface area contributed by atoms with Gasteiger partial charge in [-0.25, -0.2) is 0 Å². The highest BCUT2D eigenvalue weighted by Gasteiger charge is 2.03. The van der Waals surface area contributed by atoms with Gasteiger partial charge in [0.1, 0.15) is 0 Å². The summed E-state index contributed by atoms with van der Waals surface area (Å²) in [5.41, 5.74) is 5.32. The van der Waals surface area contributed by atoms with Crippen molar-refractivity contribution in [1.29, 1.82) is 0 Å². The Morgan fingerprint density at radius 3 is 2.60 bits per heavy atom. The first-order chi connectivity index (χ1) is 4.85. The van der Waals surface area contributed by atoms with E-state index >= 15 is 0 Å². The Labute approximate surface area is 62.5 Å². The summed E-state index contributed by atoms with van der Waals surface area (Å²) in [6.07, 6.45) is 1.79. The molecular formula is C7H17NO2. The van der Waals surface area contributed by atoms with Gasteiger partial charge >= 0.3 is 0 Å². The molecule has 0 aromatic carbocycles. The molecule has 0 saturated heterocycles. The molecule has 0 amide bonds. The monoisotopic (exact) mass is 147 g/mol. The maximum Gasteiger partial charge on any atom is 0.157 e. The van der Waals surface area contributed by atoms with E-state index in [2.05, 4.69) is 0 Å². The van der Waals surface area contributed by atoms with Gasteiger partial charge in [0.25, 0.3) is 0 Å².